The lowest BCUT2D eigenvalue weighted by Crippen LogP contribution is -2.33. The molecule has 270 valence electrons. The summed E-state index contributed by atoms with van der Waals surface area (Å²) >= 11 is 7.08. The number of H-pyrrole nitrogens is 1. The van der Waals surface area contributed by atoms with Crippen LogP contribution in [0.5, 0.6) is 5.75 Å². The minimum absolute atomic E-state index is 0.0121. The van der Waals surface area contributed by atoms with Crippen molar-refractivity contribution in [3.63, 3.8) is 0 Å². The fourth-order valence-corrected chi connectivity index (χ4v) is 7.03. The number of nitrogens with two attached hydrogens (primary N) is 1. The van der Waals surface area contributed by atoms with Crippen LogP contribution in [0.2, 0.25) is 0 Å². The molecule has 1 aromatic carbocycles. The number of hydrogen-bond donors (Lipinski definition) is 5. The van der Waals surface area contributed by atoms with Crippen LogP contribution in [0.25, 0.3) is 0 Å². The molecule has 1 heterocycles. The lowest BCUT2D eigenvalue weighted by molar-refractivity contribution is -0.121. The Labute approximate surface area is 304 Å². The van der Waals surface area contributed by atoms with Crippen LogP contribution in [0.4, 0.5) is 5.95 Å². The Balaban J connectivity index is 1.50. The maximum Gasteiger partial charge on any atom is 0.269 e. The first-order valence-electron chi connectivity index (χ1n) is 18.0. The Hall–Kier alpha value is -2.60. The van der Waals surface area contributed by atoms with Crippen LogP contribution in [0.3, 0.4) is 0 Å². The largest absolute Gasteiger partial charge is 0.491 e. The summed E-state index contributed by atoms with van der Waals surface area (Å²) in [6.45, 7) is 3.60. The Bertz CT molecular complexity index is 1200. The van der Waals surface area contributed by atoms with Gasteiger partial charge in [0, 0.05) is 38.0 Å². The number of ether oxygens (including phenoxy) is 1. The molecule has 0 saturated carbocycles. The smallest absolute Gasteiger partial charge is 0.269 e. The van der Waals surface area contributed by atoms with Crippen LogP contribution in [-0.4, -0.2) is 52.4 Å². The fourth-order valence-electron chi connectivity index (χ4n) is 5.52. The number of amides is 2. The Morgan fingerprint density at radius 3 is 1.94 bits per heavy atom. The van der Waals surface area contributed by atoms with Crippen molar-refractivity contribution in [2.75, 3.05) is 25.4 Å². The first kappa shape index (κ1) is 41.6. The minimum atomic E-state index is -0.464. The average Bonchev–Trinajstić information content (AvgIpc) is 3.48. The molecule has 6 N–H and O–H groups in total. The van der Waals surface area contributed by atoms with Gasteiger partial charge in [0.2, 0.25) is 5.91 Å². The third kappa shape index (κ3) is 18.8. The van der Waals surface area contributed by atoms with Gasteiger partial charge in [-0.15, -0.1) is 0 Å². The van der Waals surface area contributed by atoms with Gasteiger partial charge in [-0.1, -0.05) is 108 Å². The predicted molar refractivity (Wildman–Crippen MR) is 202 cm³/mol. The first-order chi connectivity index (χ1) is 23.3. The summed E-state index contributed by atoms with van der Waals surface area (Å²) in [4.78, 5) is 31.6. The molecule has 0 atom stereocenters. The molecular formula is C36H58Br2N6O4. The Morgan fingerprint density at radius 2 is 1.42 bits per heavy atom. The topological polar surface area (TPSA) is 155 Å². The summed E-state index contributed by atoms with van der Waals surface area (Å²) < 4.78 is 7.36. The number of anilines is 1. The molecule has 10 nitrogen and oxygen atoms in total. The van der Waals surface area contributed by atoms with E-state index >= 15 is 0 Å². The number of benzene rings is 1. The molecule has 1 aromatic heterocycles. The molecule has 0 aliphatic heterocycles. The molecular weight excluding hydrogens is 740 g/mol. The Kier molecular flexibility index (Phi) is 22.8. The van der Waals surface area contributed by atoms with Gasteiger partial charge in [-0.25, -0.2) is 4.98 Å². The average molecular weight is 799 g/mol. The molecule has 0 aliphatic rings. The lowest BCUT2D eigenvalue weighted by atomic mass is 10.0. The second kappa shape index (κ2) is 26.3. The molecule has 0 fully saturated rings. The van der Waals surface area contributed by atoms with Gasteiger partial charge in [0.25, 0.3) is 5.91 Å². The number of oxime groups is 1. The van der Waals surface area contributed by atoms with Gasteiger partial charge in [0.15, 0.2) is 5.95 Å². The summed E-state index contributed by atoms with van der Waals surface area (Å²) in [7, 11) is 0. The normalized spacial score (nSPS) is 11.5. The summed E-state index contributed by atoms with van der Waals surface area (Å²) in [5.41, 5.74) is 7.11. The van der Waals surface area contributed by atoms with E-state index in [1.54, 1.807) is 6.20 Å². The van der Waals surface area contributed by atoms with Crippen LogP contribution in [0, 0.1) is 0 Å². The molecule has 2 amide bonds. The van der Waals surface area contributed by atoms with Crippen LogP contribution >= 0.6 is 31.9 Å². The highest BCUT2D eigenvalue weighted by molar-refractivity contribution is 9.11. The van der Waals surface area contributed by atoms with Crippen molar-refractivity contribution in [3.05, 3.63) is 38.5 Å². The van der Waals surface area contributed by atoms with Crippen molar-refractivity contribution in [2.45, 2.75) is 135 Å². The van der Waals surface area contributed by atoms with Crippen molar-refractivity contribution in [1.29, 1.82) is 0 Å². The summed E-state index contributed by atoms with van der Waals surface area (Å²) in [5.74, 6) is 0.585. The molecule has 0 unspecified atom stereocenters. The number of imidazole rings is 1. The standard InChI is InChI=1S/C36H58Br2N6O4/c1-2-3-4-5-6-7-8-9-10-11-12-13-14-15-16-17-19-33(45)40-21-18-23-48-34-30(37)24-28(25-31(34)38)26-32(44-47)35(46)41-22-20-29-27-42-36(39)43-29/h24-25,27,47H,2-23,26H2,1H3,(H,40,45)(H,41,46)(H3,39,42,43). The van der Waals surface area contributed by atoms with Gasteiger partial charge in [-0.05, 0) is 62.4 Å². The van der Waals surface area contributed by atoms with Crippen molar-refractivity contribution in [2.24, 2.45) is 5.16 Å². The molecule has 2 aromatic rings. The molecule has 0 aliphatic carbocycles. The number of aromatic nitrogens is 2. The van der Waals surface area contributed by atoms with Crippen LogP contribution in [0.15, 0.2) is 32.4 Å². The third-order valence-electron chi connectivity index (χ3n) is 8.29. The van der Waals surface area contributed by atoms with Crippen molar-refractivity contribution >= 4 is 55.3 Å². The molecule has 0 saturated heterocycles. The second-order valence-corrected chi connectivity index (χ2v) is 14.2. The van der Waals surface area contributed by atoms with E-state index in [2.05, 4.69) is 64.5 Å². The van der Waals surface area contributed by atoms with Crippen LogP contribution in [0.1, 0.15) is 134 Å². The maximum atomic E-state index is 12.5. The number of rotatable bonds is 28. The zero-order valence-electron chi connectivity index (χ0n) is 28.9. The van der Waals surface area contributed by atoms with Gasteiger partial charge in [0.1, 0.15) is 11.5 Å². The zero-order chi connectivity index (χ0) is 34.8. The van der Waals surface area contributed by atoms with E-state index in [-0.39, 0.29) is 18.0 Å². The fraction of sp³-hybridized carbons (Fsp3) is 0.667. The van der Waals surface area contributed by atoms with E-state index in [4.69, 9.17) is 10.5 Å². The second-order valence-electron chi connectivity index (χ2n) is 12.5. The SMILES string of the molecule is CCCCCCCCCCCCCCCCCCC(=O)NCCCOc1c(Br)cc(CC(=NO)C(=O)NCCc2cnc(N)[nH]2)cc1Br. The van der Waals surface area contributed by atoms with E-state index in [0.717, 1.165) is 24.1 Å². The van der Waals surface area contributed by atoms with Crippen LogP contribution in [-0.2, 0) is 22.4 Å². The number of halogens is 2. The third-order valence-corrected chi connectivity index (χ3v) is 9.47. The van der Waals surface area contributed by atoms with Gasteiger partial charge < -0.3 is 31.3 Å². The maximum absolute atomic E-state index is 12.5. The molecule has 0 radical (unpaired) electrons. The van der Waals surface area contributed by atoms with Gasteiger partial charge in [-0.2, -0.15) is 0 Å². The monoisotopic (exact) mass is 796 g/mol. The first-order valence-corrected chi connectivity index (χ1v) is 19.6. The van der Waals surface area contributed by atoms with E-state index in [9.17, 15) is 14.8 Å². The van der Waals surface area contributed by atoms with E-state index in [0.29, 0.717) is 59.6 Å². The predicted octanol–water partition coefficient (Wildman–Crippen LogP) is 8.79. The number of carbonyl (C=O) groups is 2. The van der Waals surface area contributed by atoms with Crippen molar-refractivity contribution < 1.29 is 19.5 Å². The summed E-state index contributed by atoms with van der Waals surface area (Å²) in [6, 6.07) is 3.65. The van der Waals surface area contributed by atoms with Crippen molar-refractivity contribution in [1.82, 2.24) is 20.6 Å². The summed E-state index contributed by atoms with van der Waals surface area (Å²) in [5, 5.41) is 18.4. The number of nitrogen functional groups attached to an aromatic ring is 1. The molecule has 48 heavy (non-hydrogen) atoms. The zero-order valence-corrected chi connectivity index (χ0v) is 32.1. The van der Waals surface area contributed by atoms with Crippen molar-refractivity contribution in [3.8, 4) is 5.75 Å². The highest BCUT2D eigenvalue weighted by atomic mass is 79.9. The number of hydrogen-bond acceptors (Lipinski definition) is 7. The van der Waals surface area contributed by atoms with E-state index < -0.39 is 5.91 Å². The highest BCUT2D eigenvalue weighted by Crippen LogP contribution is 2.35. The number of carbonyl (C=O) groups excluding carboxylic acids is 2. The molecule has 0 spiro atoms. The molecule has 0 bridgehead atoms. The number of nitrogens with one attached hydrogen (secondary N) is 3. The number of nitrogens with zero attached hydrogens (tertiary/aromatic N) is 2. The summed E-state index contributed by atoms with van der Waals surface area (Å²) in [6.07, 6.45) is 24.7. The Morgan fingerprint density at radius 1 is 0.854 bits per heavy atom. The highest BCUT2D eigenvalue weighted by Gasteiger charge is 2.16. The van der Waals surface area contributed by atoms with Gasteiger partial charge in [0.05, 0.1) is 21.7 Å². The number of aromatic amines is 1. The molecule has 2 rings (SSSR count). The van der Waals surface area contributed by atoms with Gasteiger partial charge in [-0.3, -0.25) is 9.59 Å². The lowest BCUT2D eigenvalue weighted by Gasteiger charge is -2.13. The quantitative estimate of drug-likeness (QED) is 0.0251. The van der Waals surface area contributed by atoms with Gasteiger partial charge >= 0.3 is 0 Å². The van der Waals surface area contributed by atoms with E-state index in [1.165, 1.54) is 89.9 Å². The van der Waals surface area contributed by atoms with E-state index in [1.807, 2.05) is 12.1 Å². The minimum Gasteiger partial charge on any atom is -0.491 e. The van der Waals surface area contributed by atoms with Crippen LogP contribution < -0.4 is 21.1 Å². The molecule has 12 heteroatoms. The number of unbranched alkanes of at least 4 members (excludes halogenated alkanes) is 15.